The van der Waals surface area contributed by atoms with Crippen molar-refractivity contribution in [1.82, 2.24) is 4.98 Å². The minimum absolute atomic E-state index is 0.126. The largest absolute Gasteiger partial charge is 0.487 e. The highest BCUT2D eigenvalue weighted by atomic mass is 79.9. The summed E-state index contributed by atoms with van der Waals surface area (Å²) < 4.78 is 30.1. The standard InChI is InChI=1S/C18H17BrClF2N3O3/c19-15-7-12(8-23-16(15)25-6-5-11(9-25)10-26)17(27)24-13-1-3-14(4-2-13)28-18(20,21)22/h1-4,7-8,11,26H,5-6,9-10H2,(H,24,27)/t11-/m0/s1. The van der Waals surface area contributed by atoms with E-state index in [9.17, 15) is 18.7 Å². The van der Waals surface area contributed by atoms with Gasteiger partial charge in [0.1, 0.15) is 11.6 Å². The van der Waals surface area contributed by atoms with E-state index in [1.807, 2.05) is 0 Å². The van der Waals surface area contributed by atoms with Gasteiger partial charge < -0.3 is 20.1 Å². The number of carbonyl (C=O) groups excluding carboxylic acids is 1. The van der Waals surface area contributed by atoms with Crippen molar-refractivity contribution in [2.24, 2.45) is 5.92 Å². The Balaban J connectivity index is 1.65. The molecule has 1 saturated heterocycles. The molecule has 1 atom stereocenters. The van der Waals surface area contributed by atoms with Crippen molar-refractivity contribution >= 4 is 44.9 Å². The maximum absolute atomic E-state index is 12.6. The van der Waals surface area contributed by atoms with Gasteiger partial charge in [-0.3, -0.25) is 4.79 Å². The normalized spacial score (nSPS) is 16.9. The first-order valence-electron chi connectivity index (χ1n) is 8.43. The van der Waals surface area contributed by atoms with Gasteiger partial charge in [-0.15, -0.1) is 8.78 Å². The number of halogens is 4. The fourth-order valence-electron chi connectivity index (χ4n) is 2.90. The van der Waals surface area contributed by atoms with Gasteiger partial charge in [-0.1, -0.05) is 0 Å². The maximum atomic E-state index is 12.6. The maximum Gasteiger partial charge on any atom is 0.487 e. The number of rotatable bonds is 6. The Bertz CT molecular complexity index is 849. The van der Waals surface area contributed by atoms with Gasteiger partial charge in [0.2, 0.25) is 0 Å². The average molecular weight is 477 g/mol. The van der Waals surface area contributed by atoms with Gasteiger partial charge >= 0.3 is 5.57 Å². The molecule has 150 valence electrons. The molecule has 6 nitrogen and oxygen atoms in total. The second kappa shape index (κ2) is 8.59. The highest BCUT2D eigenvalue weighted by Gasteiger charge is 2.27. The van der Waals surface area contributed by atoms with Crippen LogP contribution < -0.4 is 15.0 Å². The average Bonchev–Trinajstić information content (AvgIpc) is 3.11. The van der Waals surface area contributed by atoms with E-state index in [2.05, 4.69) is 35.9 Å². The van der Waals surface area contributed by atoms with E-state index in [4.69, 9.17) is 11.6 Å². The smallest absolute Gasteiger partial charge is 0.420 e. The predicted molar refractivity (Wildman–Crippen MR) is 105 cm³/mol. The summed E-state index contributed by atoms with van der Waals surface area (Å²) >= 11 is 8.15. The van der Waals surface area contributed by atoms with Crippen molar-refractivity contribution < 1.29 is 23.4 Å². The van der Waals surface area contributed by atoms with Crippen LogP contribution in [0.2, 0.25) is 0 Å². The number of nitrogens with zero attached hydrogens (tertiary/aromatic N) is 2. The molecular weight excluding hydrogens is 460 g/mol. The number of benzene rings is 1. The second-order valence-electron chi connectivity index (χ2n) is 6.34. The number of aliphatic hydroxyl groups excluding tert-OH is 1. The highest BCUT2D eigenvalue weighted by Crippen LogP contribution is 2.30. The number of anilines is 2. The number of nitrogens with one attached hydrogen (secondary N) is 1. The third-order valence-corrected chi connectivity index (χ3v) is 4.93. The van der Waals surface area contributed by atoms with Crippen LogP contribution in [0.5, 0.6) is 5.75 Å². The number of amides is 1. The number of carbonyl (C=O) groups is 1. The van der Waals surface area contributed by atoms with Crippen LogP contribution in [0.15, 0.2) is 41.0 Å². The zero-order chi connectivity index (χ0) is 20.3. The van der Waals surface area contributed by atoms with Crippen LogP contribution in [-0.4, -0.2) is 41.3 Å². The Morgan fingerprint density at radius 2 is 2.14 bits per heavy atom. The fraction of sp³-hybridized carbons (Fsp3) is 0.333. The van der Waals surface area contributed by atoms with Gasteiger partial charge in [0.05, 0.1) is 10.0 Å². The summed E-state index contributed by atoms with van der Waals surface area (Å²) in [5.41, 5.74) is -3.06. The lowest BCUT2D eigenvalue weighted by Gasteiger charge is -2.19. The number of hydrogen-bond acceptors (Lipinski definition) is 5. The summed E-state index contributed by atoms with van der Waals surface area (Å²) in [6.45, 7) is 1.64. The van der Waals surface area contributed by atoms with Crippen LogP contribution in [0.1, 0.15) is 16.8 Å². The van der Waals surface area contributed by atoms with E-state index in [0.29, 0.717) is 22.3 Å². The van der Waals surface area contributed by atoms with Crippen LogP contribution in [0, 0.1) is 5.92 Å². The minimum Gasteiger partial charge on any atom is -0.420 e. The first-order valence-corrected chi connectivity index (χ1v) is 9.61. The molecule has 2 heterocycles. The number of aliphatic hydroxyl groups is 1. The molecule has 0 radical (unpaired) electrons. The third kappa shape index (κ3) is 5.30. The first kappa shape index (κ1) is 20.8. The molecule has 1 aromatic heterocycles. The number of hydrogen-bond donors (Lipinski definition) is 2. The lowest BCUT2D eigenvalue weighted by atomic mass is 10.1. The summed E-state index contributed by atoms with van der Waals surface area (Å²) in [5, 5.41) is 11.9. The van der Waals surface area contributed by atoms with E-state index in [0.717, 1.165) is 18.8 Å². The van der Waals surface area contributed by atoms with Gasteiger partial charge in [0.25, 0.3) is 5.91 Å². The van der Waals surface area contributed by atoms with E-state index in [-0.39, 0.29) is 18.3 Å². The molecule has 0 bridgehead atoms. The Hall–Kier alpha value is -1.97. The van der Waals surface area contributed by atoms with Crippen LogP contribution in [0.3, 0.4) is 0 Å². The van der Waals surface area contributed by atoms with E-state index in [1.54, 1.807) is 6.07 Å². The third-order valence-electron chi connectivity index (χ3n) is 4.27. The second-order valence-corrected chi connectivity index (χ2v) is 7.63. The summed E-state index contributed by atoms with van der Waals surface area (Å²) in [4.78, 5) is 18.8. The van der Waals surface area contributed by atoms with Gasteiger partial charge in [0.15, 0.2) is 0 Å². The van der Waals surface area contributed by atoms with Crippen molar-refractivity contribution in [3.8, 4) is 5.75 Å². The first-order chi connectivity index (χ1) is 13.2. The summed E-state index contributed by atoms with van der Waals surface area (Å²) in [7, 11) is 0. The van der Waals surface area contributed by atoms with Crippen molar-refractivity contribution in [3.05, 3.63) is 46.6 Å². The molecule has 3 rings (SSSR count). The number of ether oxygens (including phenoxy) is 1. The molecule has 0 saturated carbocycles. The van der Waals surface area contributed by atoms with E-state index < -0.39 is 11.5 Å². The van der Waals surface area contributed by atoms with Crippen molar-refractivity contribution in [2.75, 3.05) is 29.9 Å². The summed E-state index contributed by atoms with van der Waals surface area (Å²) in [6.07, 6.45) is 2.36. The zero-order valence-corrected chi connectivity index (χ0v) is 16.9. The molecule has 28 heavy (non-hydrogen) atoms. The zero-order valence-electron chi connectivity index (χ0n) is 14.5. The quantitative estimate of drug-likeness (QED) is 0.615. The molecular formula is C18H17BrClF2N3O3. The summed E-state index contributed by atoms with van der Waals surface area (Å²) in [5.74, 6) is 0.419. The molecule has 0 spiro atoms. The van der Waals surface area contributed by atoms with Crippen molar-refractivity contribution in [1.29, 1.82) is 0 Å². The Labute approximate surface area is 173 Å². The molecule has 0 aliphatic carbocycles. The molecule has 2 N–H and O–H groups in total. The Morgan fingerprint density at radius 3 is 2.71 bits per heavy atom. The monoisotopic (exact) mass is 475 g/mol. The van der Waals surface area contributed by atoms with Gasteiger partial charge in [0, 0.05) is 49.1 Å². The van der Waals surface area contributed by atoms with Crippen LogP contribution in [0.25, 0.3) is 0 Å². The minimum atomic E-state index is -3.79. The molecule has 1 amide bonds. The van der Waals surface area contributed by atoms with Crippen LogP contribution in [0.4, 0.5) is 20.3 Å². The Kier molecular flexibility index (Phi) is 6.36. The van der Waals surface area contributed by atoms with Crippen LogP contribution >= 0.6 is 27.5 Å². The molecule has 10 heteroatoms. The lowest BCUT2D eigenvalue weighted by molar-refractivity contribution is -0.0964. The summed E-state index contributed by atoms with van der Waals surface area (Å²) in [6, 6.07) is 7.05. The fourth-order valence-corrected chi connectivity index (χ4v) is 3.59. The highest BCUT2D eigenvalue weighted by molar-refractivity contribution is 9.10. The number of pyridine rings is 1. The molecule has 0 unspecified atom stereocenters. The van der Waals surface area contributed by atoms with Crippen molar-refractivity contribution in [2.45, 2.75) is 12.0 Å². The van der Waals surface area contributed by atoms with Crippen LogP contribution in [-0.2, 0) is 0 Å². The molecule has 1 aromatic carbocycles. The molecule has 1 fully saturated rings. The molecule has 2 aromatic rings. The van der Waals surface area contributed by atoms with Gasteiger partial charge in [-0.25, -0.2) is 4.98 Å². The van der Waals surface area contributed by atoms with E-state index >= 15 is 0 Å². The lowest BCUT2D eigenvalue weighted by Crippen LogP contribution is -2.22. The van der Waals surface area contributed by atoms with E-state index in [1.165, 1.54) is 30.5 Å². The van der Waals surface area contributed by atoms with Crippen molar-refractivity contribution in [3.63, 3.8) is 0 Å². The molecule has 1 aliphatic heterocycles. The van der Waals surface area contributed by atoms with Gasteiger partial charge in [-0.2, -0.15) is 0 Å². The topological polar surface area (TPSA) is 74.7 Å². The SMILES string of the molecule is O=C(Nc1ccc(OC(F)(F)Cl)cc1)c1cnc(N2CC[C@H](CO)C2)c(Br)c1. The Morgan fingerprint density at radius 1 is 1.43 bits per heavy atom. The number of alkyl halides is 3. The predicted octanol–water partition coefficient (Wildman–Crippen LogP) is 4.08. The van der Waals surface area contributed by atoms with Gasteiger partial charge in [-0.05, 0) is 52.7 Å². The molecule has 1 aliphatic rings. The number of aromatic nitrogens is 1.